The number of carbonyl (C=O) groups excluding carboxylic acids is 1. The van der Waals surface area contributed by atoms with Crippen molar-refractivity contribution in [3.8, 4) is 0 Å². The largest absolute Gasteiger partial charge is 0.461 e. The van der Waals surface area contributed by atoms with Crippen molar-refractivity contribution in [1.82, 2.24) is 25.1 Å². The number of carbonyl (C=O) groups is 1. The standard InChI is InChI=1S/C15H21N5O3/c1-11(2)20-15(16-17-18-20)9-19-5-7-22-10-12(19)8-13(21)14-4-3-6-23-14/h3-4,6,11-12H,5,7-10H2,1-2H3/t12-/m0/s1. The van der Waals surface area contributed by atoms with Crippen LogP contribution < -0.4 is 0 Å². The van der Waals surface area contributed by atoms with E-state index in [9.17, 15) is 4.79 Å². The molecule has 1 saturated heterocycles. The summed E-state index contributed by atoms with van der Waals surface area (Å²) in [4.78, 5) is 14.5. The zero-order chi connectivity index (χ0) is 16.2. The number of furan rings is 1. The van der Waals surface area contributed by atoms with Crippen molar-refractivity contribution >= 4 is 5.78 Å². The van der Waals surface area contributed by atoms with Gasteiger partial charge in [-0.15, -0.1) is 5.10 Å². The molecule has 0 bridgehead atoms. The summed E-state index contributed by atoms with van der Waals surface area (Å²) in [6.07, 6.45) is 1.87. The molecule has 0 aliphatic carbocycles. The van der Waals surface area contributed by atoms with Crippen LogP contribution in [0.1, 0.15) is 42.7 Å². The van der Waals surface area contributed by atoms with Crippen LogP contribution in [0.4, 0.5) is 0 Å². The number of ketones is 1. The van der Waals surface area contributed by atoms with E-state index in [2.05, 4.69) is 20.4 Å². The number of tetrazole rings is 1. The van der Waals surface area contributed by atoms with E-state index in [0.717, 1.165) is 12.4 Å². The lowest BCUT2D eigenvalue weighted by molar-refractivity contribution is -0.0145. The van der Waals surface area contributed by atoms with E-state index in [0.29, 0.717) is 31.9 Å². The number of Topliss-reactive ketones (excluding diaryl/α,β-unsaturated/α-hetero) is 1. The lowest BCUT2D eigenvalue weighted by Gasteiger charge is -2.34. The quantitative estimate of drug-likeness (QED) is 0.742. The van der Waals surface area contributed by atoms with Gasteiger partial charge >= 0.3 is 0 Å². The fourth-order valence-corrected chi connectivity index (χ4v) is 2.74. The molecule has 3 heterocycles. The highest BCUT2D eigenvalue weighted by Gasteiger charge is 2.28. The van der Waals surface area contributed by atoms with Crippen molar-refractivity contribution in [3.63, 3.8) is 0 Å². The van der Waals surface area contributed by atoms with E-state index < -0.39 is 0 Å². The number of hydrogen-bond donors (Lipinski definition) is 0. The second-order valence-electron chi connectivity index (χ2n) is 5.94. The summed E-state index contributed by atoms with van der Waals surface area (Å²) in [5.41, 5.74) is 0. The summed E-state index contributed by atoms with van der Waals surface area (Å²) >= 11 is 0. The molecule has 0 amide bonds. The molecule has 124 valence electrons. The molecule has 1 aliphatic heterocycles. The highest BCUT2D eigenvalue weighted by Crippen LogP contribution is 2.17. The van der Waals surface area contributed by atoms with Gasteiger partial charge in [-0.05, 0) is 36.4 Å². The Hall–Kier alpha value is -2.06. The van der Waals surface area contributed by atoms with Gasteiger partial charge in [0.1, 0.15) is 0 Å². The monoisotopic (exact) mass is 319 g/mol. The Bertz CT molecular complexity index is 637. The molecule has 0 unspecified atom stereocenters. The van der Waals surface area contributed by atoms with Crippen LogP contribution >= 0.6 is 0 Å². The number of nitrogens with zero attached hydrogens (tertiary/aromatic N) is 5. The highest BCUT2D eigenvalue weighted by atomic mass is 16.5. The third-order valence-corrected chi connectivity index (χ3v) is 3.96. The number of aromatic nitrogens is 4. The smallest absolute Gasteiger partial charge is 0.199 e. The van der Waals surface area contributed by atoms with Gasteiger partial charge in [0, 0.05) is 19.0 Å². The minimum Gasteiger partial charge on any atom is -0.461 e. The molecule has 0 N–H and O–H groups in total. The van der Waals surface area contributed by atoms with Crippen LogP contribution in [0, 0.1) is 0 Å². The summed E-state index contributed by atoms with van der Waals surface area (Å²) in [5, 5.41) is 11.9. The first-order valence-corrected chi connectivity index (χ1v) is 7.80. The van der Waals surface area contributed by atoms with Gasteiger partial charge in [0.2, 0.25) is 0 Å². The molecule has 0 spiro atoms. The zero-order valence-corrected chi connectivity index (χ0v) is 13.4. The van der Waals surface area contributed by atoms with Crippen LogP contribution in [0.15, 0.2) is 22.8 Å². The summed E-state index contributed by atoms with van der Waals surface area (Å²) in [6, 6.07) is 3.61. The fourth-order valence-electron chi connectivity index (χ4n) is 2.74. The van der Waals surface area contributed by atoms with Gasteiger partial charge in [-0.2, -0.15) is 0 Å². The first-order chi connectivity index (χ1) is 11.1. The highest BCUT2D eigenvalue weighted by molar-refractivity contribution is 5.93. The number of rotatable bonds is 6. The summed E-state index contributed by atoms with van der Waals surface area (Å²) in [6.45, 7) is 6.60. The van der Waals surface area contributed by atoms with Crippen molar-refractivity contribution in [2.75, 3.05) is 19.8 Å². The van der Waals surface area contributed by atoms with Gasteiger partial charge < -0.3 is 9.15 Å². The average molecular weight is 319 g/mol. The van der Waals surface area contributed by atoms with Crippen LogP contribution in [0.25, 0.3) is 0 Å². The third kappa shape index (κ3) is 3.65. The first-order valence-electron chi connectivity index (χ1n) is 7.80. The molecule has 1 atom stereocenters. The maximum absolute atomic E-state index is 12.3. The van der Waals surface area contributed by atoms with Crippen LogP contribution in [0.5, 0.6) is 0 Å². The summed E-state index contributed by atoms with van der Waals surface area (Å²) in [5.74, 6) is 1.18. The molecule has 2 aromatic heterocycles. The van der Waals surface area contributed by atoms with Gasteiger partial charge in [0.15, 0.2) is 17.4 Å². The Kier molecular flexibility index (Phi) is 4.82. The van der Waals surface area contributed by atoms with E-state index in [1.54, 1.807) is 16.8 Å². The van der Waals surface area contributed by atoms with Crippen LogP contribution in [-0.4, -0.2) is 56.7 Å². The second kappa shape index (κ2) is 7.01. The van der Waals surface area contributed by atoms with Crippen molar-refractivity contribution < 1.29 is 13.9 Å². The van der Waals surface area contributed by atoms with Crippen LogP contribution in [-0.2, 0) is 11.3 Å². The molecular formula is C15H21N5O3. The van der Waals surface area contributed by atoms with Crippen molar-refractivity contribution in [2.24, 2.45) is 0 Å². The van der Waals surface area contributed by atoms with Gasteiger partial charge in [-0.25, -0.2) is 4.68 Å². The molecular weight excluding hydrogens is 298 g/mol. The minimum absolute atomic E-state index is 0.00124. The molecule has 8 nitrogen and oxygen atoms in total. The molecule has 0 radical (unpaired) electrons. The Morgan fingerprint density at radius 3 is 3.09 bits per heavy atom. The second-order valence-corrected chi connectivity index (χ2v) is 5.94. The predicted molar refractivity (Wildman–Crippen MR) is 80.9 cm³/mol. The lowest BCUT2D eigenvalue weighted by Crippen LogP contribution is -2.46. The van der Waals surface area contributed by atoms with Crippen molar-refractivity contribution in [3.05, 3.63) is 30.0 Å². The Labute approximate surface area is 134 Å². The molecule has 2 aromatic rings. The molecule has 23 heavy (non-hydrogen) atoms. The summed E-state index contributed by atoms with van der Waals surface area (Å²) in [7, 11) is 0. The lowest BCUT2D eigenvalue weighted by atomic mass is 10.1. The SMILES string of the molecule is CC(C)n1nnnc1CN1CCOC[C@@H]1CC(=O)c1ccco1. The number of morpholine rings is 1. The van der Waals surface area contributed by atoms with Gasteiger partial charge in [0.05, 0.1) is 32.1 Å². The van der Waals surface area contributed by atoms with Gasteiger partial charge in [-0.1, -0.05) is 0 Å². The molecule has 0 saturated carbocycles. The zero-order valence-electron chi connectivity index (χ0n) is 13.4. The molecule has 8 heteroatoms. The Balaban J connectivity index is 1.69. The van der Waals surface area contributed by atoms with Gasteiger partial charge in [0.25, 0.3) is 0 Å². The van der Waals surface area contributed by atoms with Crippen LogP contribution in [0.2, 0.25) is 0 Å². The van der Waals surface area contributed by atoms with E-state index in [1.807, 2.05) is 13.8 Å². The normalized spacial score (nSPS) is 19.3. The number of ether oxygens (including phenoxy) is 1. The summed E-state index contributed by atoms with van der Waals surface area (Å²) < 4.78 is 12.5. The first kappa shape index (κ1) is 15.8. The fraction of sp³-hybridized carbons (Fsp3) is 0.600. The third-order valence-electron chi connectivity index (χ3n) is 3.96. The molecule has 3 rings (SSSR count). The number of hydrogen-bond acceptors (Lipinski definition) is 7. The van der Waals surface area contributed by atoms with Gasteiger partial charge in [-0.3, -0.25) is 9.69 Å². The van der Waals surface area contributed by atoms with Crippen molar-refractivity contribution in [1.29, 1.82) is 0 Å². The minimum atomic E-state index is -0.0149. The van der Waals surface area contributed by atoms with E-state index in [4.69, 9.17) is 9.15 Å². The van der Waals surface area contributed by atoms with E-state index in [1.165, 1.54) is 6.26 Å². The Morgan fingerprint density at radius 1 is 1.48 bits per heavy atom. The molecule has 0 aromatic carbocycles. The molecule has 1 fully saturated rings. The topological polar surface area (TPSA) is 86.3 Å². The van der Waals surface area contributed by atoms with Crippen LogP contribution in [0.3, 0.4) is 0 Å². The maximum Gasteiger partial charge on any atom is 0.199 e. The Morgan fingerprint density at radius 2 is 2.35 bits per heavy atom. The maximum atomic E-state index is 12.3. The van der Waals surface area contributed by atoms with E-state index in [-0.39, 0.29) is 17.9 Å². The average Bonchev–Trinajstić information content (AvgIpc) is 3.20. The molecule has 1 aliphatic rings. The predicted octanol–water partition coefficient (Wildman–Crippen LogP) is 1.32. The van der Waals surface area contributed by atoms with Crippen molar-refractivity contribution in [2.45, 2.75) is 38.9 Å². The van der Waals surface area contributed by atoms with E-state index >= 15 is 0 Å².